The van der Waals surface area contributed by atoms with E-state index in [0.717, 1.165) is 27.8 Å². The monoisotopic (exact) mass is 470 g/mol. The van der Waals surface area contributed by atoms with Gasteiger partial charge >= 0.3 is 0 Å². The molecule has 35 heavy (non-hydrogen) atoms. The SMILES string of the molecule is CCOc1cc2occ(-c3ccccc3OC)c2cc1/C(C)=C/C(=O)Nc1ccccc1C(N)=O. The van der Waals surface area contributed by atoms with E-state index < -0.39 is 11.8 Å². The number of nitrogens with two attached hydrogens (primary N) is 1. The number of anilines is 1. The van der Waals surface area contributed by atoms with E-state index >= 15 is 0 Å². The molecular formula is C28H26N2O5. The van der Waals surface area contributed by atoms with Gasteiger partial charge in [0, 0.05) is 34.2 Å². The van der Waals surface area contributed by atoms with E-state index in [1.165, 1.54) is 6.08 Å². The highest BCUT2D eigenvalue weighted by atomic mass is 16.5. The second-order valence-corrected chi connectivity index (χ2v) is 7.85. The number of methoxy groups -OCH3 is 1. The summed E-state index contributed by atoms with van der Waals surface area (Å²) < 4.78 is 17.2. The van der Waals surface area contributed by atoms with Crippen LogP contribution in [0.1, 0.15) is 29.8 Å². The van der Waals surface area contributed by atoms with Crippen LogP contribution in [0.5, 0.6) is 11.5 Å². The summed E-state index contributed by atoms with van der Waals surface area (Å²) in [6.07, 6.45) is 3.15. The third-order valence-electron chi connectivity index (χ3n) is 5.60. The maximum Gasteiger partial charge on any atom is 0.250 e. The fourth-order valence-corrected chi connectivity index (χ4v) is 3.96. The Labute approximate surface area is 203 Å². The topological polar surface area (TPSA) is 104 Å². The number of fused-ring (bicyclic) bond motifs is 1. The quantitative estimate of drug-likeness (QED) is 0.324. The molecule has 0 fully saturated rings. The van der Waals surface area contributed by atoms with Gasteiger partial charge in [-0.1, -0.05) is 30.3 Å². The molecule has 4 rings (SSSR count). The first-order valence-electron chi connectivity index (χ1n) is 11.1. The van der Waals surface area contributed by atoms with E-state index in [-0.39, 0.29) is 5.56 Å². The molecule has 0 bridgehead atoms. The standard InChI is InChI=1S/C28H26N2O5/c1-4-34-25-15-26-21(22(16-35-26)18-9-6-8-12-24(18)33-3)14-20(25)17(2)13-27(31)30-23-11-7-5-10-19(23)28(29)32/h5-16H,4H2,1-3H3,(H2,29,32)(H,30,31)/b17-13+. The van der Waals surface area contributed by atoms with Crippen LogP contribution in [0.25, 0.3) is 27.7 Å². The molecule has 1 aromatic heterocycles. The van der Waals surface area contributed by atoms with E-state index in [0.29, 0.717) is 29.2 Å². The number of rotatable bonds is 8. The average molecular weight is 471 g/mol. The number of ether oxygens (including phenoxy) is 2. The van der Waals surface area contributed by atoms with Crippen LogP contribution in [0.4, 0.5) is 5.69 Å². The fourth-order valence-electron chi connectivity index (χ4n) is 3.96. The lowest BCUT2D eigenvalue weighted by Crippen LogP contribution is -2.17. The highest BCUT2D eigenvalue weighted by molar-refractivity contribution is 6.09. The second kappa shape index (κ2) is 10.2. The molecule has 0 aliphatic heterocycles. The number of benzene rings is 3. The first kappa shape index (κ1) is 23.6. The Balaban J connectivity index is 1.75. The first-order chi connectivity index (χ1) is 16.9. The normalized spacial score (nSPS) is 11.3. The van der Waals surface area contributed by atoms with Gasteiger partial charge in [-0.2, -0.15) is 0 Å². The van der Waals surface area contributed by atoms with Crippen LogP contribution in [-0.4, -0.2) is 25.5 Å². The van der Waals surface area contributed by atoms with E-state index in [4.69, 9.17) is 19.6 Å². The van der Waals surface area contributed by atoms with Crippen LogP contribution in [0.2, 0.25) is 0 Å². The van der Waals surface area contributed by atoms with Gasteiger partial charge in [-0.05, 0) is 43.7 Å². The largest absolute Gasteiger partial charge is 0.496 e. The molecule has 0 aliphatic carbocycles. The molecule has 1 heterocycles. The van der Waals surface area contributed by atoms with Crippen molar-refractivity contribution in [2.45, 2.75) is 13.8 Å². The van der Waals surface area contributed by atoms with Crippen molar-refractivity contribution in [1.29, 1.82) is 0 Å². The minimum Gasteiger partial charge on any atom is -0.496 e. The summed E-state index contributed by atoms with van der Waals surface area (Å²) >= 11 is 0. The predicted octanol–water partition coefficient (Wildman–Crippen LogP) is 5.65. The van der Waals surface area contributed by atoms with Crippen LogP contribution in [-0.2, 0) is 4.79 Å². The maximum atomic E-state index is 12.8. The van der Waals surface area contributed by atoms with Crippen LogP contribution < -0.4 is 20.5 Å². The van der Waals surface area contributed by atoms with Gasteiger partial charge in [-0.3, -0.25) is 9.59 Å². The van der Waals surface area contributed by atoms with E-state index in [2.05, 4.69) is 5.32 Å². The number of allylic oxidation sites excluding steroid dienone is 1. The molecule has 178 valence electrons. The van der Waals surface area contributed by atoms with Crippen molar-refractivity contribution in [2.75, 3.05) is 19.0 Å². The van der Waals surface area contributed by atoms with Crippen LogP contribution in [0.15, 0.2) is 77.4 Å². The summed E-state index contributed by atoms with van der Waals surface area (Å²) in [5, 5.41) is 3.60. The number of carbonyl (C=O) groups excluding carboxylic acids is 2. The Morgan fingerprint density at radius 3 is 2.49 bits per heavy atom. The van der Waals surface area contributed by atoms with Crippen molar-refractivity contribution < 1.29 is 23.5 Å². The number of nitrogens with one attached hydrogen (secondary N) is 1. The Hall–Kier alpha value is -4.52. The summed E-state index contributed by atoms with van der Waals surface area (Å²) in [7, 11) is 1.63. The molecule has 0 saturated heterocycles. The Morgan fingerprint density at radius 2 is 1.74 bits per heavy atom. The van der Waals surface area contributed by atoms with Crippen LogP contribution in [0, 0.1) is 0 Å². The highest BCUT2D eigenvalue weighted by Crippen LogP contribution is 2.40. The molecule has 0 saturated carbocycles. The van der Waals surface area contributed by atoms with Crippen molar-refractivity contribution >= 4 is 34.0 Å². The fraction of sp³-hybridized carbons (Fsp3) is 0.143. The Kier molecular flexibility index (Phi) is 6.87. The van der Waals surface area contributed by atoms with E-state index in [1.54, 1.807) is 37.6 Å². The molecule has 3 aromatic carbocycles. The molecule has 0 spiro atoms. The molecule has 7 heteroatoms. The van der Waals surface area contributed by atoms with Gasteiger partial charge in [0.25, 0.3) is 5.91 Å². The second-order valence-electron chi connectivity index (χ2n) is 7.85. The van der Waals surface area contributed by atoms with Crippen molar-refractivity contribution in [2.24, 2.45) is 5.73 Å². The van der Waals surface area contributed by atoms with Gasteiger partial charge in [0.2, 0.25) is 5.91 Å². The number of furan rings is 1. The molecule has 0 atom stereocenters. The summed E-state index contributed by atoms with van der Waals surface area (Å²) in [5.74, 6) is 0.316. The molecule has 0 radical (unpaired) electrons. The zero-order valence-electron chi connectivity index (χ0n) is 19.8. The minimum absolute atomic E-state index is 0.239. The number of primary amides is 1. The first-order valence-corrected chi connectivity index (χ1v) is 11.1. The molecular weight excluding hydrogens is 444 g/mol. The lowest BCUT2D eigenvalue weighted by molar-refractivity contribution is -0.111. The minimum atomic E-state index is -0.616. The van der Waals surface area contributed by atoms with Crippen LogP contribution in [0.3, 0.4) is 0 Å². The summed E-state index contributed by atoms with van der Waals surface area (Å²) in [4.78, 5) is 24.5. The molecule has 3 N–H and O–H groups in total. The van der Waals surface area contributed by atoms with Gasteiger partial charge in [-0.15, -0.1) is 0 Å². The average Bonchev–Trinajstić information content (AvgIpc) is 3.26. The van der Waals surface area contributed by atoms with Gasteiger partial charge in [0.1, 0.15) is 17.1 Å². The summed E-state index contributed by atoms with van der Waals surface area (Å²) in [6, 6.07) is 18.1. The number of para-hydroxylation sites is 2. The highest BCUT2D eigenvalue weighted by Gasteiger charge is 2.17. The van der Waals surface area contributed by atoms with Crippen molar-refractivity contribution in [3.8, 4) is 22.6 Å². The number of amides is 2. The molecule has 2 amide bonds. The van der Waals surface area contributed by atoms with Crippen molar-refractivity contribution in [3.05, 3.63) is 84.1 Å². The van der Waals surface area contributed by atoms with Gasteiger partial charge < -0.3 is 24.9 Å². The summed E-state index contributed by atoms with van der Waals surface area (Å²) in [5.41, 5.74) is 9.86. The maximum absolute atomic E-state index is 12.8. The van der Waals surface area contributed by atoms with Gasteiger partial charge in [0.05, 0.1) is 31.2 Å². The third kappa shape index (κ3) is 4.89. The molecule has 7 nitrogen and oxygen atoms in total. The van der Waals surface area contributed by atoms with E-state index in [9.17, 15) is 9.59 Å². The lowest BCUT2D eigenvalue weighted by Gasteiger charge is -2.12. The predicted molar refractivity (Wildman–Crippen MR) is 137 cm³/mol. The zero-order valence-corrected chi connectivity index (χ0v) is 19.8. The van der Waals surface area contributed by atoms with E-state index in [1.807, 2.05) is 50.2 Å². The van der Waals surface area contributed by atoms with Crippen LogP contribution >= 0.6 is 0 Å². The number of carbonyl (C=O) groups is 2. The van der Waals surface area contributed by atoms with Crippen molar-refractivity contribution in [1.82, 2.24) is 0 Å². The lowest BCUT2D eigenvalue weighted by atomic mass is 9.98. The molecule has 0 unspecified atom stereocenters. The Morgan fingerprint density at radius 1 is 1.00 bits per heavy atom. The van der Waals surface area contributed by atoms with Gasteiger partial charge in [-0.25, -0.2) is 0 Å². The Bertz CT molecular complexity index is 1430. The summed E-state index contributed by atoms with van der Waals surface area (Å²) in [6.45, 7) is 4.17. The third-order valence-corrected chi connectivity index (χ3v) is 5.60. The number of hydrogen-bond acceptors (Lipinski definition) is 5. The van der Waals surface area contributed by atoms with Gasteiger partial charge in [0.15, 0.2) is 0 Å². The zero-order chi connectivity index (χ0) is 24.9. The number of hydrogen-bond donors (Lipinski definition) is 2. The molecule has 0 aliphatic rings. The molecule has 4 aromatic rings. The van der Waals surface area contributed by atoms with Crippen molar-refractivity contribution in [3.63, 3.8) is 0 Å². The smallest absolute Gasteiger partial charge is 0.250 e.